The van der Waals surface area contributed by atoms with Gasteiger partial charge in [0.05, 0.1) is 12.5 Å². The summed E-state index contributed by atoms with van der Waals surface area (Å²) >= 11 is 0. The van der Waals surface area contributed by atoms with Gasteiger partial charge in [-0.3, -0.25) is 0 Å². The molecular formula is C12H11BFN3O. The second kappa shape index (κ2) is 3.91. The Labute approximate surface area is 105 Å². The van der Waals surface area contributed by atoms with Crippen molar-refractivity contribution in [3.05, 3.63) is 47.8 Å². The molecule has 3 rings (SSSR count). The number of halogens is 1. The molecule has 0 amide bonds. The highest BCUT2D eigenvalue weighted by Crippen LogP contribution is 2.46. The van der Waals surface area contributed by atoms with Crippen molar-refractivity contribution >= 4 is 7.85 Å². The monoisotopic (exact) mass is 243 g/mol. The summed E-state index contributed by atoms with van der Waals surface area (Å²) in [5.41, 5.74) is 0.0329. The Hall–Kier alpha value is -1.69. The smallest absolute Gasteiger partial charge is 0.138 e. The van der Waals surface area contributed by atoms with Crippen LogP contribution in [0.25, 0.3) is 0 Å². The number of aryl methyl sites for hydroxylation is 1. The van der Waals surface area contributed by atoms with Gasteiger partial charge >= 0.3 is 0 Å². The van der Waals surface area contributed by atoms with E-state index in [9.17, 15) is 4.39 Å². The lowest BCUT2D eigenvalue weighted by Gasteiger charge is -2.14. The number of rotatable bonds is 3. The first-order valence-corrected chi connectivity index (χ1v) is 5.66. The van der Waals surface area contributed by atoms with Gasteiger partial charge in [-0.25, -0.2) is 14.1 Å². The summed E-state index contributed by atoms with van der Waals surface area (Å²) < 4.78 is 20.5. The van der Waals surface area contributed by atoms with E-state index in [-0.39, 0.29) is 5.82 Å². The van der Waals surface area contributed by atoms with E-state index in [1.165, 1.54) is 18.5 Å². The van der Waals surface area contributed by atoms with E-state index < -0.39 is 11.6 Å². The molecule has 1 aliphatic rings. The van der Waals surface area contributed by atoms with Crippen molar-refractivity contribution in [2.45, 2.75) is 25.1 Å². The maximum Gasteiger partial charge on any atom is 0.138 e. The number of hydrogen-bond donors (Lipinski definition) is 0. The van der Waals surface area contributed by atoms with Gasteiger partial charge in [0.15, 0.2) is 0 Å². The van der Waals surface area contributed by atoms with Crippen molar-refractivity contribution < 1.29 is 9.13 Å². The van der Waals surface area contributed by atoms with Gasteiger partial charge in [-0.2, -0.15) is 5.10 Å². The van der Waals surface area contributed by atoms with E-state index in [1.807, 2.05) is 13.0 Å². The van der Waals surface area contributed by atoms with Gasteiger partial charge in [-0.15, -0.1) is 0 Å². The highest BCUT2D eigenvalue weighted by Gasteiger charge is 2.54. The van der Waals surface area contributed by atoms with Crippen LogP contribution in [-0.4, -0.2) is 28.6 Å². The van der Waals surface area contributed by atoms with E-state index >= 15 is 0 Å². The third kappa shape index (κ3) is 1.73. The summed E-state index contributed by atoms with van der Waals surface area (Å²) in [6.07, 6.45) is 1.47. The zero-order valence-corrected chi connectivity index (χ0v) is 9.88. The van der Waals surface area contributed by atoms with E-state index in [0.29, 0.717) is 6.54 Å². The van der Waals surface area contributed by atoms with Crippen LogP contribution in [0.1, 0.15) is 11.4 Å². The fourth-order valence-electron chi connectivity index (χ4n) is 2.09. The van der Waals surface area contributed by atoms with E-state index in [1.54, 1.807) is 10.7 Å². The summed E-state index contributed by atoms with van der Waals surface area (Å²) in [5.74, 6) is 0.471. The maximum absolute atomic E-state index is 13.3. The van der Waals surface area contributed by atoms with Gasteiger partial charge < -0.3 is 4.74 Å². The fraction of sp³-hybridized carbons (Fsp3) is 0.333. The van der Waals surface area contributed by atoms with Crippen molar-refractivity contribution in [1.29, 1.82) is 0 Å². The van der Waals surface area contributed by atoms with Crippen LogP contribution in [0, 0.1) is 12.7 Å². The summed E-state index contributed by atoms with van der Waals surface area (Å²) in [6, 6.07) is 5.85. The van der Waals surface area contributed by atoms with Crippen LogP contribution in [-0.2, 0) is 16.9 Å². The van der Waals surface area contributed by atoms with Crippen molar-refractivity contribution in [3.63, 3.8) is 0 Å². The molecule has 18 heavy (non-hydrogen) atoms. The second-order valence-electron chi connectivity index (χ2n) is 4.40. The zero-order valence-electron chi connectivity index (χ0n) is 9.88. The summed E-state index contributed by atoms with van der Waals surface area (Å²) in [6.45, 7) is 2.28. The van der Waals surface area contributed by atoms with Gasteiger partial charge in [0.1, 0.15) is 31.4 Å². The number of epoxide rings is 1. The summed E-state index contributed by atoms with van der Waals surface area (Å²) in [5, 5.41) is 4.10. The molecule has 1 aromatic heterocycles. The number of ether oxygens (including phenoxy) is 1. The SMILES string of the molecule is [B]C1OC1(Cn1ncnc1C)c1cccc(F)c1. The number of aromatic nitrogens is 3. The molecule has 4 nitrogen and oxygen atoms in total. The van der Waals surface area contributed by atoms with Crippen molar-refractivity contribution in [3.8, 4) is 0 Å². The van der Waals surface area contributed by atoms with E-state index in [0.717, 1.165) is 11.4 Å². The minimum Gasteiger partial charge on any atom is -0.370 e. The van der Waals surface area contributed by atoms with E-state index in [2.05, 4.69) is 10.1 Å². The Bertz CT molecular complexity index is 588. The molecule has 6 heteroatoms. The molecule has 90 valence electrons. The van der Waals surface area contributed by atoms with Crippen LogP contribution in [0.15, 0.2) is 30.6 Å². The lowest BCUT2D eigenvalue weighted by molar-refractivity contribution is 0.264. The standard InChI is InChI=1S/C12H11BFN3O/c1-8-15-7-16-17(8)6-12(11(13)18-12)9-3-2-4-10(14)5-9/h2-5,7,11H,6H2,1H3. The summed E-state index contributed by atoms with van der Waals surface area (Å²) in [4.78, 5) is 4.05. The molecule has 2 radical (unpaired) electrons. The Morgan fingerprint density at radius 1 is 1.56 bits per heavy atom. The normalized spacial score (nSPS) is 26.2. The van der Waals surface area contributed by atoms with Gasteiger partial charge in [-0.05, 0) is 24.6 Å². The maximum atomic E-state index is 13.3. The molecule has 1 aliphatic heterocycles. The van der Waals surface area contributed by atoms with E-state index in [4.69, 9.17) is 12.6 Å². The lowest BCUT2D eigenvalue weighted by Crippen LogP contribution is -2.22. The highest BCUT2D eigenvalue weighted by molar-refractivity contribution is 6.13. The second-order valence-corrected chi connectivity index (χ2v) is 4.40. The topological polar surface area (TPSA) is 43.2 Å². The molecule has 1 saturated heterocycles. The van der Waals surface area contributed by atoms with Crippen molar-refractivity contribution in [2.75, 3.05) is 0 Å². The average molecular weight is 243 g/mol. The molecule has 0 saturated carbocycles. The minimum atomic E-state index is -0.694. The molecule has 2 unspecified atom stereocenters. The Kier molecular flexibility index (Phi) is 2.48. The molecule has 2 heterocycles. The van der Waals surface area contributed by atoms with Crippen LogP contribution >= 0.6 is 0 Å². The van der Waals surface area contributed by atoms with Crippen LogP contribution in [0.4, 0.5) is 4.39 Å². The summed E-state index contributed by atoms with van der Waals surface area (Å²) in [7, 11) is 5.84. The van der Waals surface area contributed by atoms with Crippen molar-refractivity contribution in [2.24, 2.45) is 0 Å². The number of nitrogens with zero attached hydrogens (tertiary/aromatic N) is 3. The zero-order chi connectivity index (χ0) is 12.8. The lowest BCUT2D eigenvalue weighted by atomic mass is 9.85. The third-order valence-corrected chi connectivity index (χ3v) is 3.25. The van der Waals surface area contributed by atoms with Crippen LogP contribution in [0.2, 0.25) is 0 Å². The molecule has 0 spiro atoms. The third-order valence-electron chi connectivity index (χ3n) is 3.25. The molecule has 2 aromatic rings. The fourth-order valence-corrected chi connectivity index (χ4v) is 2.09. The Balaban J connectivity index is 1.94. The largest absolute Gasteiger partial charge is 0.370 e. The molecule has 0 aliphatic carbocycles. The first kappa shape index (κ1) is 11.4. The number of benzene rings is 1. The molecule has 1 fully saturated rings. The first-order chi connectivity index (χ1) is 8.62. The van der Waals surface area contributed by atoms with Gasteiger partial charge in [0, 0.05) is 0 Å². The van der Waals surface area contributed by atoms with Crippen LogP contribution < -0.4 is 0 Å². The average Bonchev–Trinajstić information content (AvgIpc) is 2.82. The van der Waals surface area contributed by atoms with Crippen LogP contribution in [0.5, 0.6) is 0 Å². The molecular weight excluding hydrogens is 232 g/mol. The molecule has 0 N–H and O–H groups in total. The van der Waals surface area contributed by atoms with Gasteiger partial charge in [0.25, 0.3) is 0 Å². The Morgan fingerprint density at radius 2 is 2.33 bits per heavy atom. The quantitative estimate of drug-likeness (QED) is 0.599. The first-order valence-electron chi connectivity index (χ1n) is 5.66. The molecule has 2 atom stereocenters. The van der Waals surface area contributed by atoms with Crippen LogP contribution in [0.3, 0.4) is 0 Å². The predicted octanol–water partition coefficient (Wildman–Crippen LogP) is 1.15. The minimum absolute atomic E-state index is 0.301. The number of hydrogen-bond acceptors (Lipinski definition) is 3. The Morgan fingerprint density at radius 3 is 2.89 bits per heavy atom. The highest BCUT2D eigenvalue weighted by atomic mass is 19.1. The van der Waals surface area contributed by atoms with Gasteiger partial charge in [-0.1, -0.05) is 12.1 Å². The van der Waals surface area contributed by atoms with Gasteiger partial charge in [0.2, 0.25) is 0 Å². The van der Waals surface area contributed by atoms with Crippen molar-refractivity contribution in [1.82, 2.24) is 14.8 Å². The molecule has 1 aromatic carbocycles. The molecule has 0 bridgehead atoms. The predicted molar refractivity (Wildman–Crippen MR) is 63.5 cm³/mol.